The number of rotatable bonds is 5. The highest BCUT2D eigenvalue weighted by molar-refractivity contribution is 5.79. The van der Waals surface area contributed by atoms with Crippen molar-refractivity contribution >= 4 is 12.0 Å². The largest absolute Gasteiger partial charge is 0.486 e. The van der Waals surface area contributed by atoms with Gasteiger partial charge in [0.15, 0.2) is 11.5 Å². The van der Waals surface area contributed by atoms with E-state index in [-0.39, 0.29) is 5.91 Å². The molecule has 1 saturated heterocycles. The number of ether oxygens (including phenoxy) is 2. The van der Waals surface area contributed by atoms with Gasteiger partial charge in [-0.25, -0.2) is 0 Å². The summed E-state index contributed by atoms with van der Waals surface area (Å²) in [5, 5.41) is 0. The molecule has 0 saturated carbocycles. The highest BCUT2D eigenvalue weighted by Gasteiger charge is 2.21. The van der Waals surface area contributed by atoms with Gasteiger partial charge in [0.2, 0.25) is 5.91 Å². The molecule has 0 spiro atoms. The average Bonchev–Trinajstić information content (AvgIpc) is 2.75. The topological polar surface area (TPSA) is 42.0 Å². The lowest BCUT2D eigenvalue weighted by atomic mass is 10.1. The third-order valence-corrected chi connectivity index (χ3v) is 5.16. The molecule has 0 unspecified atom stereocenters. The summed E-state index contributed by atoms with van der Waals surface area (Å²) in [5.74, 6) is 1.68. The Labute approximate surface area is 166 Å². The summed E-state index contributed by atoms with van der Waals surface area (Å²) in [6.45, 7) is 5.43. The summed E-state index contributed by atoms with van der Waals surface area (Å²) in [6, 6.07) is 16.1. The second-order valence-electron chi connectivity index (χ2n) is 7.15. The fourth-order valence-electron chi connectivity index (χ4n) is 3.57. The summed E-state index contributed by atoms with van der Waals surface area (Å²) in [6.07, 6.45) is 4.76. The first kappa shape index (κ1) is 18.6. The molecule has 4 rings (SSSR count). The van der Waals surface area contributed by atoms with Gasteiger partial charge in [0.25, 0.3) is 0 Å². The van der Waals surface area contributed by atoms with E-state index in [2.05, 4.69) is 29.2 Å². The van der Waals surface area contributed by atoms with Crippen LogP contribution in [0.1, 0.15) is 11.1 Å². The fourth-order valence-corrected chi connectivity index (χ4v) is 3.57. The Bertz CT molecular complexity index is 827. The van der Waals surface area contributed by atoms with Gasteiger partial charge < -0.3 is 14.4 Å². The standard InChI is InChI=1S/C23H26N2O3/c26-23(18-20-8-9-21-22(17-20)28-16-15-27-21)25-13-11-24(12-14-25)10-4-7-19-5-2-1-3-6-19/h1-9,17H,10-16,18H2/b7-4+. The maximum atomic E-state index is 12.7. The van der Waals surface area contributed by atoms with Gasteiger partial charge >= 0.3 is 0 Å². The quantitative estimate of drug-likeness (QED) is 0.802. The fraction of sp³-hybridized carbons (Fsp3) is 0.348. The second-order valence-corrected chi connectivity index (χ2v) is 7.15. The molecule has 2 aromatic carbocycles. The zero-order valence-electron chi connectivity index (χ0n) is 16.0. The Morgan fingerprint density at radius 1 is 0.929 bits per heavy atom. The van der Waals surface area contributed by atoms with Crippen LogP contribution in [0.4, 0.5) is 0 Å². The smallest absolute Gasteiger partial charge is 0.227 e. The van der Waals surface area contributed by atoms with Crippen molar-refractivity contribution in [3.63, 3.8) is 0 Å². The van der Waals surface area contributed by atoms with Crippen LogP contribution in [0, 0.1) is 0 Å². The molecule has 0 aromatic heterocycles. The molecule has 28 heavy (non-hydrogen) atoms. The van der Waals surface area contributed by atoms with Crippen LogP contribution in [0.25, 0.3) is 6.08 Å². The van der Waals surface area contributed by atoms with E-state index in [1.807, 2.05) is 41.3 Å². The summed E-state index contributed by atoms with van der Waals surface area (Å²) in [5.41, 5.74) is 2.19. The number of carbonyl (C=O) groups excluding carboxylic acids is 1. The first-order valence-electron chi connectivity index (χ1n) is 9.88. The van der Waals surface area contributed by atoms with E-state index < -0.39 is 0 Å². The van der Waals surface area contributed by atoms with E-state index in [4.69, 9.17) is 9.47 Å². The third-order valence-electron chi connectivity index (χ3n) is 5.16. The highest BCUT2D eigenvalue weighted by atomic mass is 16.6. The van der Waals surface area contributed by atoms with Crippen molar-refractivity contribution in [1.29, 1.82) is 0 Å². The number of amides is 1. The molecule has 5 nitrogen and oxygen atoms in total. The molecule has 0 N–H and O–H groups in total. The van der Waals surface area contributed by atoms with E-state index in [0.717, 1.165) is 49.8 Å². The van der Waals surface area contributed by atoms with Gasteiger partial charge in [0.1, 0.15) is 13.2 Å². The van der Waals surface area contributed by atoms with E-state index in [1.54, 1.807) is 0 Å². The summed E-state index contributed by atoms with van der Waals surface area (Å²) < 4.78 is 11.2. The highest BCUT2D eigenvalue weighted by Crippen LogP contribution is 2.31. The Balaban J connectivity index is 1.24. The van der Waals surface area contributed by atoms with Gasteiger partial charge in [-0.2, -0.15) is 0 Å². The second kappa shape index (κ2) is 8.93. The average molecular weight is 378 g/mol. The molecule has 0 aliphatic carbocycles. The molecule has 0 bridgehead atoms. The van der Waals surface area contributed by atoms with E-state index in [9.17, 15) is 4.79 Å². The van der Waals surface area contributed by atoms with Crippen molar-refractivity contribution < 1.29 is 14.3 Å². The maximum Gasteiger partial charge on any atom is 0.227 e. The van der Waals surface area contributed by atoms with Crippen molar-refractivity contribution in [2.75, 3.05) is 45.9 Å². The molecule has 1 amide bonds. The summed E-state index contributed by atoms with van der Waals surface area (Å²) in [7, 11) is 0. The molecule has 146 valence electrons. The molecule has 5 heteroatoms. The van der Waals surface area contributed by atoms with Crippen LogP contribution < -0.4 is 9.47 Å². The number of carbonyl (C=O) groups is 1. The maximum absolute atomic E-state index is 12.7. The third kappa shape index (κ3) is 4.73. The molecule has 0 radical (unpaired) electrons. The van der Waals surface area contributed by atoms with Crippen molar-refractivity contribution in [3.8, 4) is 11.5 Å². The molecular weight excluding hydrogens is 352 g/mol. The Kier molecular flexibility index (Phi) is 5.92. The minimum atomic E-state index is 0.177. The molecule has 0 atom stereocenters. The number of hydrogen-bond donors (Lipinski definition) is 0. The van der Waals surface area contributed by atoms with Crippen LogP contribution >= 0.6 is 0 Å². The Morgan fingerprint density at radius 2 is 1.68 bits per heavy atom. The molecule has 2 aliphatic rings. The zero-order valence-corrected chi connectivity index (χ0v) is 16.0. The first-order chi connectivity index (χ1) is 13.8. The lowest BCUT2D eigenvalue weighted by molar-refractivity contribution is -0.132. The lowest BCUT2D eigenvalue weighted by Gasteiger charge is -2.34. The monoisotopic (exact) mass is 378 g/mol. The number of fused-ring (bicyclic) bond motifs is 1. The van der Waals surface area contributed by atoms with Crippen LogP contribution in [0.15, 0.2) is 54.6 Å². The minimum absolute atomic E-state index is 0.177. The normalized spacial score (nSPS) is 17.1. The summed E-state index contributed by atoms with van der Waals surface area (Å²) >= 11 is 0. The number of hydrogen-bond acceptors (Lipinski definition) is 4. The van der Waals surface area contributed by atoms with E-state index in [1.165, 1.54) is 5.56 Å². The SMILES string of the molecule is O=C(Cc1ccc2c(c1)OCCO2)N1CCN(C/C=C/c2ccccc2)CC1. The molecular formula is C23H26N2O3. The molecule has 2 heterocycles. The predicted octanol–water partition coefficient (Wildman–Crippen LogP) is 2.86. The zero-order chi connectivity index (χ0) is 19.2. The number of benzene rings is 2. The molecule has 2 aliphatic heterocycles. The van der Waals surface area contributed by atoms with Crippen LogP contribution in [0.3, 0.4) is 0 Å². The molecule has 1 fully saturated rings. The molecule has 2 aromatic rings. The number of nitrogens with zero attached hydrogens (tertiary/aromatic N) is 2. The Hall–Kier alpha value is -2.79. The van der Waals surface area contributed by atoms with Gasteiger partial charge in [-0.15, -0.1) is 0 Å². The van der Waals surface area contributed by atoms with Gasteiger partial charge in [-0.3, -0.25) is 9.69 Å². The van der Waals surface area contributed by atoms with Crippen LogP contribution in [-0.4, -0.2) is 61.6 Å². The van der Waals surface area contributed by atoms with Crippen LogP contribution in [0.5, 0.6) is 11.5 Å². The van der Waals surface area contributed by atoms with E-state index >= 15 is 0 Å². The Morgan fingerprint density at radius 3 is 2.46 bits per heavy atom. The van der Waals surface area contributed by atoms with Crippen molar-refractivity contribution in [1.82, 2.24) is 9.80 Å². The van der Waals surface area contributed by atoms with E-state index in [0.29, 0.717) is 19.6 Å². The number of piperazine rings is 1. The van der Waals surface area contributed by atoms with Gasteiger partial charge in [-0.1, -0.05) is 48.6 Å². The van der Waals surface area contributed by atoms with Gasteiger partial charge in [-0.05, 0) is 23.3 Å². The van der Waals surface area contributed by atoms with Crippen LogP contribution in [-0.2, 0) is 11.2 Å². The summed E-state index contributed by atoms with van der Waals surface area (Å²) in [4.78, 5) is 17.0. The minimum Gasteiger partial charge on any atom is -0.486 e. The predicted molar refractivity (Wildman–Crippen MR) is 110 cm³/mol. The van der Waals surface area contributed by atoms with Gasteiger partial charge in [0, 0.05) is 32.7 Å². The lowest BCUT2D eigenvalue weighted by Crippen LogP contribution is -2.49. The first-order valence-corrected chi connectivity index (χ1v) is 9.88. The van der Waals surface area contributed by atoms with Crippen molar-refractivity contribution in [2.24, 2.45) is 0 Å². The van der Waals surface area contributed by atoms with Crippen molar-refractivity contribution in [2.45, 2.75) is 6.42 Å². The van der Waals surface area contributed by atoms with Crippen LogP contribution in [0.2, 0.25) is 0 Å². The van der Waals surface area contributed by atoms with Gasteiger partial charge in [0.05, 0.1) is 6.42 Å². The van der Waals surface area contributed by atoms with Crippen molar-refractivity contribution in [3.05, 3.63) is 65.7 Å².